The first-order valence-electron chi connectivity index (χ1n) is 13.6. The monoisotopic (exact) mass is 603 g/mol. The van der Waals surface area contributed by atoms with Crippen molar-refractivity contribution in [3.05, 3.63) is 75.7 Å². The van der Waals surface area contributed by atoms with E-state index in [1.54, 1.807) is 18.2 Å². The molecular weight excluding hydrogens is 571 g/mol. The summed E-state index contributed by atoms with van der Waals surface area (Å²) in [5.74, 6) is -0.455. The van der Waals surface area contributed by atoms with Gasteiger partial charge in [-0.3, -0.25) is 14.6 Å². The molecule has 1 spiro atoms. The van der Waals surface area contributed by atoms with E-state index in [4.69, 9.17) is 0 Å². The molecule has 2 saturated heterocycles. The lowest BCUT2D eigenvalue weighted by atomic mass is 9.89. The molecule has 2 aromatic rings. The average Bonchev–Trinajstić information content (AvgIpc) is 3.27. The number of carbonyl (C=O) groups is 2. The maximum atomic E-state index is 13.1. The summed E-state index contributed by atoms with van der Waals surface area (Å²) in [7, 11) is -1.81. The third-order valence-corrected chi connectivity index (χ3v) is 9.64. The van der Waals surface area contributed by atoms with Crippen LogP contribution in [0.15, 0.2) is 52.9 Å². The molecule has 224 valence electrons. The number of hydrogen-bond acceptors (Lipinski definition) is 6. The molecule has 0 aliphatic carbocycles. The molecule has 0 aromatic heterocycles. The van der Waals surface area contributed by atoms with Crippen LogP contribution in [0.3, 0.4) is 0 Å². The van der Waals surface area contributed by atoms with Crippen LogP contribution in [0.1, 0.15) is 45.5 Å². The molecule has 0 radical (unpaired) electrons. The summed E-state index contributed by atoms with van der Waals surface area (Å²) >= 11 is 0. The first kappa shape index (κ1) is 29.9. The predicted molar refractivity (Wildman–Crippen MR) is 152 cm³/mol. The van der Waals surface area contributed by atoms with Crippen molar-refractivity contribution in [3.63, 3.8) is 0 Å². The number of likely N-dealkylation sites (N-methyl/N-ethyl adjacent to an activating group) is 1. The Labute approximate surface area is 242 Å². The summed E-state index contributed by atoms with van der Waals surface area (Å²) in [4.78, 5) is 34.2. The fourth-order valence-electron chi connectivity index (χ4n) is 5.38. The molecule has 42 heavy (non-hydrogen) atoms. The smallest absolute Gasteiger partial charge is 0.336 e. The fourth-order valence-corrected chi connectivity index (χ4v) is 6.56. The van der Waals surface area contributed by atoms with Crippen molar-refractivity contribution in [2.45, 2.75) is 31.5 Å². The number of benzene rings is 2. The highest BCUT2D eigenvalue weighted by Gasteiger charge is 2.47. The fraction of sp³-hybridized carbons (Fsp3) is 0.414. The number of aliphatic imine (C=N–C) groups is 1. The summed E-state index contributed by atoms with van der Waals surface area (Å²) in [5, 5.41) is 3.70. The maximum absolute atomic E-state index is 13.1. The van der Waals surface area contributed by atoms with Crippen LogP contribution in [0.2, 0.25) is 0 Å². The van der Waals surface area contributed by atoms with Gasteiger partial charge in [0.1, 0.15) is 11.4 Å². The molecule has 0 atom stereocenters. The first-order chi connectivity index (χ1) is 19.8. The minimum Gasteiger partial charge on any atom is -0.336 e. The van der Waals surface area contributed by atoms with E-state index in [0.29, 0.717) is 24.2 Å². The second-order valence-electron chi connectivity index (χ2n) is 10.9. The third-order valence-electron chi connectivity index (χ3n) is 8.08. The van der Waals surface area contributed by atoms with E-state index in [0.717, 1.165) is 36.2 Å². The standard InChI is InChI=1S/C29H32F3N5O4S/c1-20-18-23(26(38)36-15-13-35(2)14-16-36)7-6-21(20)8-17-42(40,41)37-11-9-28(10-12-37)27(39)33-25(34-28)22-4-3-5-24(19-22)29(30,31)32/h3-8,17-19H,9-16H2,1-2H3,(H,33,34,39)/b17-8+. The number of amides is 2. The molecule has 5 rings (SSSR count). The van der Waals surface area contributed by atoms with E-state index in [1.165, 1.54) is 22.5 Å². The number of sulfonamides is 1. The van der Waals surface area contributed by atoms with Crippen molar-refractivity contribution >= 4 is 33.7 Å². The summed E-state index contributed by atoms with van der Waals surface area (Å²) in [6.07, 6.45) is -2.86. The first-order valence-corrected chi connectivity index (χ1v) is 15.1. The zero-order chi connectivity index (χ0) is 30.3. The van der Waals surface area contributed by atoms with Gasteiger partial charge in [0.2, 0.25) is 10.0 Å². The van der Waals surface area contributed by atoms with Crippen LogP contribution in [-0.4, -0.2) is 92.0 Å². The molecular formula is C29H32F3N5O4S. The number of hydrogen-bond donors (Lipinski definition) is 1. The Balaban J connectivity index is 1.24. The van der Waals surface area contributed by atoms with Gasteiger partial charge in [-0.2, -0.15) is 17.5 Å². The van der Waals surface area contributed by atoms with Gasteiger partial charge in [0, 0.05) is 55.8 Å². The highest BCUT2D eigenvalue weighted by molar-refractivity contribution is 7.92. The van der Waals surface area contributed by atoms with Crippen LogP contribution in [-0.2, 0) is 21.0 Å². The van der Waals surface area contributed by atoms with Crippen LogP contribution >= 0.6 is 0 Å². The number of amidine groups is 1. The Hall–Kier alpha value is -3.55. The van der Waals surface area contributed by atoms with E-state index in [9.17, 15) is 31.2 Å². The molecule has 0 bridgehead atoms. The lowest BCUT2D eigenvalue weighted by Gasteiger charge is -2.34. The molecule has 0 saturated carbocycles. The zero-order valence-corrected chi connectivity index (χ0v) is 24.1. The van der Waals surface area contributed by atoms with E-state index in [1.807, 2.05) is 18.9 Å². The van der Waals surface area contributed by atoms with Crippen LogP contribution in [0.5, 0.6) is 0 Å². The Morgan fingerprint density at radius 1 is 1.02 bits per heavy atom. The van der Waals surface area contributed by atoms with Crippen molar-refractivity contribution in [1.82, 2.24) is 19.4 Å². The van der Waals surface area contributed by atoms with Crippen molar-refractivity contribution in [3.8, 4) is 0 Å². The summed E-state index contributed by atoms with van der Waals surface area (Å²) in [5.41, 5.74) is 0.0304. The number of nitrogens with zero attached hydrogens (tertiary/aromatic N) is 4. The molecule has 3 heterocycles. The molecule has 3 aliphatic heterocycles. The van der Waals surface area contributed by atoms with E-state index < -0.39 is 33.2 Å². The topological polar surface area (TPSA) is 102 Å². The third kappa shape index (κ3) is 6.13. The average molecular weight is 604 g/mol. The second kappa shape index (κ2) is 11.3. The zero-order valence-electron chi connectivity index (χ0n) is 23.3. The van der Waals surface area contributed by atoms with Gasteiger partial charge in [-0.15, -0.1) is 0 Å². The molecule has 2 amide bonds. The highest BCUT2D eigenvalue weighted by atomic mass is 32.2. The molecule has 9 nitrogen and oxygen atoms in total. The van der Waals surface area contributed by atoms with Crippen LogP contribution in [0.4, 0.5) is 13.2 Å². The minimum atomic E-state index is -4.54. The number of halogens is 3. The Morgan fingerprint density at radius 2 is 1.71 bits per heavy atom. The molecule has 1 N–H and O–H groups in total. The molecule has 2 aromatic carbocycles. The lowest BCUT2D eigenvalue weighted by Crippen LogP contribution is -2.50. The van der Waals surface area contributed by atoms with Crippen LogP contribution < -0.4 is 5.32 Å². The number of piperazine rings is 1. The van der Waals surface area contributed by atoms with Crippen LogP contribution in [0, 0.1) is 6.92 Å². The minimum absolute atomic E-state index is 0.0247. The van der Waals surface area contributed by atoms with E-state index in [-0.39, 0.29) is 43.2 Å². The highest BCUT2D eigenvalue weighted by Crippen LogP contribution is 2.34. The largest absolute Gasteiger partial charge is 0.416 e. The van der Waals surface area contributed by atoms with Gasteiger partial charge < -0.3 is 15.1 Å². The Morgan fingerprint density at radius 3 is 2.36 bits per heavy atom. The van der Waals surface area contributed by atoms with Crippen molar-refractivity contribution in [2.75, 3.05) is 46.3 Å². The molecule has 3 aliphatic rings. The normalized spacial score (nSPS) is 20.3. The number of aryl methyl sites for hydroxylation is 1. The quantitative estimate of drug-likeness (QED) is 0.566. The summed E-state index contributed by atoms with van der Waals surface area (Å²) in [6.45, 7) is 4.81. The van der Waals surface area contributed by atoms with Gasteiger partial charge in [-0.1, -0.05) is 18.2 Å². The lowest BCUT2D eigenvalue weighted by molar-refractivity contribution is -0.137. The van der Waals surface area contributed by atoms with Crippen molar-refractivity contribution in [2.24, 2.45) is 4.99 Å². The molecule has 13 heteroatoms. The van der Waals surface area contributed by atoms with Gasteiger partial charge in [0.05, 0.1) is 5.56 Å². The van der Waals surface area contributed by atoms with Crippen molar-refractivity contribution < 1.29 is 31.2 Å². The second-order valence-corrected chi connectivity index (χ2v) is 12.8. The maximum Gasteiger partial charge on any atom is 0.416 e. The Bertz CT molecular complexity index is 1560. The predicted octanol–water partition coefficient (Wildman–Crippen LogP) is 3.11. The number of alkyl halides is 3. The van der Waals surface area contributed by atoms with Gasteiger partial charge in [0.15, 0.2) is 0 Å². The van der Waals surface area contributed by atoms with E-state index in [2.05, 4.69) is 15.2 Å². The SMILES string of the molecule is Cc1cc(C(=O)N2CCN(C)CC2)ccc1/C=C/S(=O)(=O)N1CCC2(CC1)N=C(c1cccc(C(F)(F)F)c1)NC2=O. The van der Waals surface area contributed by atoms with Crippen molar-refractivity contribution in [1.29, 1.82) is 0 Å². The number of carbonyl (C=O) groups excluding carboxylic acids is 2. The van der Waals surface area contributed by atoms with E-state index >= 15 is 0 Å². The van der Waals surface area contributed by atoms with Gasteiger partial charge >= 0.3 is 6.18 Å². The molecule has 2 fully saturated rings. The Kier molecular flexibility index (Phi) is 8.03. The van der Waals surface area contributed by atoms with Gasteiger partial charge in [0.25, 0.3) is 11.8 Å². The number of nitrogens with one attached hydrogen (secondary N) is 1. The summed E-state index contributed by atoms with van der Waals surface area (Å²) in [6, 6.07) is 9.74. The number of rotatable bonds is 5. The molecule has 0 unspecified atom stereocenters. The van der Waals surface area contributed by atoms with Gasteiger partial charge in [-0.05, 0) is 68.3 Å². The summed E-state index contributed by atoms with van der Waals surface area (Å²) < 4.78 is 66.9. The van der Waals surface area contributed by atoms with Gasteiger partial charge in [-0.25, -0.2) is 8.42 Å². The van der Waals surface area contributed by atoms with Crippen LogP contribution in [0.25, 0.3) is 6.08 Å². The number of piperidine rings is 1.